The number of anilines is 2. The highest BCUT2D eigenvalue weighted by Crippen LogP contribution is 2.29. The molecule has 2 unspecified atom stereocenters. The maximum atomic E-state index is 10.7. The van der Waals surface area contributed by atoms with Crippen LogP contribution in [0.2, 0.25) is 0 Å². The molecule has 0 bridgehead atoms. The molecule has 0 aliphatic rings. The Morgan fingerprint density at radius 1 is 1.20 bits per heavy atom. The minimum atomic E-state index is -2.30. The molecule has 0 aliphatic heterocycles. The van der Waals surface area contributed by atoms with Crippen LogP contribution in [0.3, 0.4) is 0 Å². The summed E-state index contributed by atoms with van der Waals surface area (Å²) in [7, 11) is 0. The van der Waals surface area contributed by atoms with Gasteiger partial charge in [-0.2, -0.15) is 0 Å². The monoisotopic (exact) mass is 289 g/mol. The van der Waals surface area contributed by atoms with E-state index < -0.39 is 11.3 Å². The third-order valence-electron chi connectivity index (χ3n) is 3.24. The summed E-state index contributed by atoms with van der Waals surface area (Å²) in [6.07, 6.45) is 0.924. The van der Waals surface area contributed by atoms with Crippen molar-refractivity contribution in [3.05, 3.63) is 59.7 Å². The lowest BCUT2D eigenvalue weighted by atomic mass is 9.89. The van der Waals surface area contributed by atoms with E-state index in [4.69, 9.17) is 5.73 Å². The SMILES string of the molecule is CCC(c1ccc(N)cc1)c1cccc(NS(=O)[O-])c1. The van der Waals surface area contributed by atoms with E-state index in [1.54, 1.807) is 6.07 Å². The summed E-state index contributed by atoms with van der Waals surface area (Å²) in [6, 6.07) is 15.2. The minimum Gasteiger partial charge on any atom is -0.755 e. The molecule has 5 heteroatoms. The van der Waals surface area contributed by atoms with Crippen LogP contribution in [0.4, 0.5) is 11.4 Å². The average molecular weight is 289 g/mol. The molecule has 2 aromatic rings. The Morgan fingerprint density at radius 2 is 1.90 bits per heavy atom. The molecule has 3 N–H and O–H groups in total. The number of benzene rings is 2. The van der Waals surface area contributed by atoms with Crippen LogP contribution in [-0.4, -0.2) is 8.76 Å². The first-order valence-electron chi connectivity index (χ1n) is 6.41. The summed E-state index contributed by atoms with van der Waals surface area (Å²) in [5.41, 5.74) is 9.26. The van der Waals surface area contributed by atoms with Crippen molar-refractivity contribution in [1.82, 2.24) is 0 Å². The van der Waals surface area contributed by atoms with Gasteiger partial charge in [0.2, 0.25) is 0 Å². The van der Waals surface area contributed by atoms with Crippen LogP contribution in [0.5, 0.6) is 0 Å². The van der Waals surface area contributed by atoms with Gasteiger partial charge in [-0.15, -0.1) is 0 Å². The third-order valence-corrected chi connectivity index (χ3v) is 3.64. The van der Waals surface area contributed by atoms with Crippen molar-refractivity contribution in [2.75, 3.05) is 10.5 Å². The second kappa shape index (κ2) is 6.54. The molecular weight excluding hydrogens is 272 g/mol. The quantitative estimate of drug-likeness (QED) is 0.656. The van der Waals surface area contributed by atoms with Crippen molar-refractivity contribution in [3.63, 3.8) is 0 Å². The first-order chi connectivity index (χ1) is 9.60. The van der Waals surface area contributed by atoms with E-state index in [1.165, 1.54) is 5.56 Å². The number of nitrogens with one attached hydrogen (secondary N) is 1. The molecule has 2 rings (SSSR count). The Labute approximate surface area is 121 Å². The number of hydrogen-bond donors (Lipinski definition) is 2. The molecule has 106 valence electrons. The summed E-state index contributed by atoms with van der Waals surface area (Å²) < 4.78 is 23.8. The van der Waals surface area contributed by atoms with Gasteiger partial charge in [0.25, 0.3) is 0 Å². The lowest BCUT2D eigenvalue weighted by Crippen LogP contribution is -2.04. The van der Waals surface area contributed by atoms with Gasteiger partial charge in [-0.3, -0.25) is 4.21 Å². The first-order valence-corrected chi connectivity index (χ1v) is 7.49. The van der Waals surface area contributed by atoms with Gasteiger partial charge in [0.15, 0.2) is 0 Å². The lowest BCUT2D eigenvalue weighted by molar-refractivity contribution is 0.542. The van der Waals surface area contributed by atoms with Gasteiger partial charge < -0.3 is 15.0 Å². The highest BCUT2D eigenvalue weighted by molar-refractivity contribution is 7.80. The molecule has 0 saturated heterocycles. The molecule has 0 aromatic heterocycles. The predicted octanol–water partition coefficient (Wildman–Crippen LogP) is 3.02. The predicted molar refractivity (Wildman–Crippen MR) is 82.0 cm³/mol. The van der Waals surface area contributed by atoms with Gasteiger partial charge in [-0.25, -0.2) is 0 Å². The van der Waals surface area contributed by atoms with Crippen LogP contribution in [0, 0.1) is 0 Å². The van der Waals surface area contributed by atoms with Crippen LogP contribution in [0.25, 0.3) is 0 Å². The zero-order chi connectivity index (χ0) is 14.5. The molecule has 0 spiro atoms. The molecule has 0 fully saturated rings. The Morgan fingerprint density at radius 3 is 2.50 bits per heavy atom. The van der Waals surface area contributed by atoms with Gasteiger partial charge in [0, 0.05) is 28.6 Å². The van der Waals surface area contributed by atoms with Crippen LogP contribution in [0.1, 0.15) is 30.4 Å². The molecule has 2 atom stereocenters. The molecule has 0 radical (unpaired) electrons. The van der Waals surface area contributed by atoms with Gasteiger partial charge >= 0.3 is 0 Å². The van der Waals surface area contributed by atoms with Crippen molar-refractivity contribution in [2.24, 2.45) is 0 Å². The number of nitrogen functional groups attached to an aromatic ring is 1. The standard InChI is InChI=1S/C15H18N2O2S/c1-2-15(11-6-8-13(16)9-7-11)12-4-3-5-14(10-12)17-20(18)19/h3-10,15,17H,2,16H2,1H3,(H,18,19)/p-1. The highest BCUT2D eigenvalue weighted by atomic mass is 32.2. The van der Waals surface area contributed by atoms with Crippen LogP contribution < -0.4 is 10.5 Å². The molecule has 4 nitrogen and oxygen atoms in total. The summed E-state index contributed by atoms with van der Waals surface area (Å²) in [6.45, 7) is 2.10. The molecule has 20 heavy (non-hydrogen) atoms. The fourth-order valence-corrected chi connectivity index (χ4v) is 2.63. The third kappa shape index (κ3) is 3.59. The van der Waals surface area contributed by atoms with Crippen LogP contribution in [0.15, 0.2) is 48.5 Å². The highest BCUT2D eigenvalue weighted by Gasteiger charge is 2.12. The zero-order valence-corrected chi connectivity index (χ0v) is 12.0. The minimum absolute atomic E-state index is 0.220. The van der Waals surface area contributed by atoms with Crippen molar-refractivity contribution in [1.29, 1.82) is 0 Å². The first kappa shape index (κ1) is 14.6. The second-order valence-electron chi connectivity index (χ2n) is 4.59. The molecular formula is C15H17N2O2S-. The summed E-state index contributed by atoms with van der Waals surface area (Å²) in [5, 5.41) is 0. The Kier molecular flexibility index (Phi) is 4.76. The molecule has 0 heterocycles. The largest absolute Gasteiger partial charge is 0.755 e. The zero-order valence-electron chi connectivity index (χ0n) is 11.2. The summed E-state index contributed by atoms with van der Waals surface area (Å²) >= 11 is -2.30. The van der Waals surface area contributed by atoms with Gasteiger partial charge in [0.05, 0.1) is 0 Å². The topological polar surface area (TPSA) is 78.2 Å². The van der Waals surface area contributed by atoms with E-state index in [0.29, 0.717) is 5.69 Å². The summed E-state index contributed by atoms with van der Waals surface area (Å²) in [4.78, 5) is 0. The van der Waals surface area contributed by atoms with E-state index in [2.05, 4.69) is 11.6 Å². The van der Waals surface area contributed by atoms with Crippen LogP contribution >= 0.6 is 0 Å². The summed E-state index contributed by atoms with van der Waals surface area (Å²) in [5.74, 6) is 0.220. The Bertz CT molecular complexity index is 599. The van der Waals surface area contributed by atoms with Crippen LogP contribution in [-0.2, 0) is 11.3 Å². The fourth-order valence-electron chi connectivity index (χ4n) is 2.31. The molecule has 2 aromatic carbocycles. The molecule has 0 aliphatic carbocycles. The van der Waals surface area contributed by atoms with E-state index >= 15 is 0 Å². The van der Waals surface area contributed by atoms with Crippen molar-refractivity contribution in [2.45, 2.75) is 19.3 Å². The van der Waals surface area contributed by atoms with Crippen molar-refractivity contribution in [3.8, 4) is 0 Å². The number of hydrogen-bond acceptors (Lipinski definition) is 3. The van der Waals surface area contributed by atoms with E-state index in [9.17, 15) is 8.76 Å². The van der Waals surface area contributed by atoms with E-state index in [1.807, 2.05) is 42.5 Å². The van der Waals surface area contributed by atoms with Gasteiger partial charge in [0.1, 0.15) is 0 Å². The fraction of sp³-hybridized carbons (Fsp3) is 0.200. The smallest absolute Gasteiger partial charge is 0.0455 e. The number of nitrogens with two attached hydrogens (primary N) is 1. The van der Waals surface area contributed by atoms with Gasteiger partial charge in [-0.1, -0.05) is 31.2 Å². The Balaban J connectivity index is 2.31. The van der Waals surface area contributed by atoms with Crippen molar-refractivity contribution < 1.29 is 8.76 Å². The van der Waals surface area contributed by atoms with Crippen molar-refractivity contribution >= 4 is 22.6 Å². The normalized spacial score (nSPS) is 13.7. The van der Waals surface area contributed by atoms with E-state index in [0.717, 1.165) is 17.7 Å². The number of rotatable bonds is 5. The molecule has 0 amide bonds. The van der Waals surface area contributed by atoms with E-state index in [-0.39, 0.29) is 5.92 Å². The Hall–Kier alpha value is -1.85. The van der Waals surface area contributed by atoms with Gasteiger partial charge in [-0.05, 0) is 41.8 Å². The molecule has 0 saturated carbocycles. The maximum absolute atomic E-state index is 10.7. The maximum Gasteiger partial charge on any atom is 0.0455 e. The second-order valence-corrected chi connectivity index (χ2v) is 5.26. The lowest BCUT2D eigenvalue weighted by Gasteiger charge is -2.18. The average Bonchev–Trinajstić information content (AvgIpc) is 2.41.